The molecular formula is C20H25InN4O4S2. The molecule has 0 saturated heterocycles. The van der Waals surface area contributed by atoms with Crippen molar-refractivity contribution < 1.29 is 16.8 Å². The van der Waals surface area contributed by atoms with Crippen molar-refractivity contribution in [2.24, 2.45) is 2.92 Å². The Hall–Kier alpha value is -1.69. The molecule has 0 aliphatic rings. The molecule has 0 radical (unpaired) electrons. The van der Waals surface area contributed by atoms with Gasteiger partial charge in [-0.25, -0.2) is 0 Å². The van der Waals surface area contributed by atoms with Gasteiger partial charge >= 0.3 is 189 Å². The normalized spacial score (nSPS) is 12.3. The number of rotatable bonds is 10. The van der Waals surface area contributed by atoms with Gasteiger partial charge in [-0.2, -0.15) is 0 Å². The second-order valence-electron chi connectivity index (χ2n) is 6.97. The second-order valence-corrected chi connectivity index (χ2v) is 13.9. The molecule has 0 aliphatic heterocycles. The summed E-state index contributed by atoms with van der Waals surface area (Å²) >= 11 is -1.18. The van der Waals surface area contributed by atoms with Crippen LogP contribution < -0.4 is 8.03 Å². The van der Waals surface area contributed by atoms with Gasteiger partial charge in [0, 0.05) is 0 Å². The van der Waals surface area contributed by atoms with E-state index < -0.39 is 43.1 Å². The summed E-state index contributed by atoms with van der Waals surface area (Å²) in [4.78, 5) is 0.0258. The Bertz CT molecular complexity index is 1290. The van der Waals surface area contributed by atoms with Crippen LogP contribution in [0.5, 0.6) is 0 Å². The molecule has 31 heavy (non-hydrogen) atoms. The van der Waals surface area contributed by atoms with Crippen molar-refractivity contribution in [2.75, 3.05) is 13.6 Å². The van der Waals surface area contributed by atoms with Crippen molar-refractivity contribution in [2.45, 2.75) is 36.2 Å². The predicted octanol–water partition coefficient (Wildman–Crippen LogP) is 2.48. The summed E-state index contributed by atoms with van der Waals surface area (Å²) in [6.45, 7) is 2.66. The zero-order valence-corrected chi connectivity index (χ0v) is 22.4. The topological polar surface area (TPSA) is 110 Å². The Morgan fingerprint density at radius 2 is 1.77 bits per heavy atom. The van der Waals surface area contributed by atoms with Crippen molar-refractivity contribution in [3.63, 3.8) is 0 Å². The molecule has 0 unspecified atom stereocenters. The van der Waals surface area contributed by atoms with Gasteiger partial charge in [-0.1, -0.05) is 6.92 Å². The first-order valence-electron chi connectivity index (χ1n) is 9.91. The first kappa shape index (κ1) is 24.0. The van der Waals surface area contributed by atoms with Gasteiger partial charge in [-0.05, 0) is 0 Å². The molecular weight excluding hydrogens is 539 g/mol. The van der Waals surface area contributed by atoms with Gasteiger partial charge in [0.2, 0.25) is 0 Å². The average Bonchev–Trinajstić information content (AvgIpc) is 3.15. The molecule has 0 amide bonds. The summed E-state index contributed by atoms with van der Waals surface area (Å²) in [7, 11) is -6.31. The van der Waals surface area contributed by atoms with E-state index in [2.05, 4.69) is 10.9 Å². The Morgan fingerprint density at radius 1 is 1.03 bits per heavy atom. The Morgan fingerprint density at radius 3 is 2.45 bits per heavy atom. The van der Waals surface area contributed by atoms with E-state index >= 15 is 0 Å². The summed E-state index contributed by atoms with van der Waals surface area (Å²) in [5.41, 5.74) is 1.16. The molecule has 0 spiro atoms. The Kier molecular flexibility index (Phi) is 7.95. The summed E-state index contributed by atoms with van der Waals surface area (Å²) in [6.07, 6.45) is 1.48. The number of benzene rings is 2. The number of nitrogens with zero attached hydrogens (tertiary/aromatic N) is 2. The molecule has 0 fully saturated rings. The van der Waals surface area contributed by atoms with Crippen LogP contribution in [0.3, 0.4) is 0 Å². The van der Waals surface area contributed by atoms with Gasteiger partial charge in [0.25, 0.3) is 0 Å². The van der Waals surface area contributed by atoms with Crippen LogP contribution in [0.1, 0.15) is 25.3 Å². The van der Waals surface area contributed by atoms with Crippen LogP contribution in [0.25, 0.3) is 10.9 Å². The van der Waals surface area contributed by atoms with E-state index in [-0.39, 0.29) is 16.5 Å². The summed E-state index contributed by atoms with van der Waals surface area (Å²) in [6, 6.07) is 14.6. The van der Waals surface area contributed by atoms with E-state index in [1.807, 2.05) is 20.0 Å². The van der Waals surface area contributed by atoms with Gasteiger partial charge < -0.3 is 0 Å². The van der Waals surface area contributed by atoms with E-state index in [4.69, 9.17) is 0 Å². The van der Waals surface area contributed by atoms with Gasteiger partial charge in [0.15, 0.2) is 0 Å². The number of fused-ring (bicyclic) bond motifs is 1. The molecule has 0 atom stereocenters. The molecule has 1 heterocycles. The van der Waals surface area contributed by atoms with Gasteiger partial charge in [-0.15, -0.1) is 0 Å². The number of aromatic nitrogens is 1. The van der Waals surface area contributed by atoms with E-state index in [0.29, 0.717) is 23.9 Å². The Labute approximate surface area is 194 Å². The summed E-state index contributed by atoms with van der Waals surface area (Å²) < 4.78 is 64.3. The van der Waals surface area contributed by atoms with Crippen LogP contribution in [0.15, 0.2) is 67.4 Å². The molecule has 8 nitrogen and oxygen atoms in total. The second kappa shape index (κ2) is 10.3. The minimum atomic E-state index is -4.14. The fraction of sp³-hybridized carbons (Fsp3) is 0.300. The predicted molar refractivity (Wildman–Crippen MR) is 122 cm³/mol. The molecule has 3 rings (SSSR count). The number of hydrogen-bond acceptors (Lipinski definition) is 5. The molecule has 2 aromatic carbocycles. The van der Waals surface area contributed by atoms with Crippen molar-refractivity contribution in [3.8, 4) is 0 Å². The van der Waals surface area contributed by atoms with E-state index in [0.717, 1.165) is 16.0 Å². The molecule has 1 aromatic heterocycles. The fourth-order valence-corrected chi connectivity index (χ4v) is 7.68. The molecule has 0 bridgehead atoms. The van der Waals surface area contributed by atoms with E-state index in [1.165, 1.54) is 18.2 Å². The zero-order valence-electron chi connectivity index (χ0n) is 17.4. The van der Waals surface area contributed by atoms with Gasteiger partial charge in [0.05, 0.1) is 0 Å². The van der Waals surface area contributed by atoms with Crippen LogP contribution in [0.2, 0.25) is 0 Å². The molecule has 2 N–H and O–H groups in total. The summed E-state index contributed by atoms with van der Waals surface area (Å²) in [5, 5.41) is 0.249. The molecule has 3 aromatic rings. The number of sulfonamides is 1. The zero-order chi connectivity index (χ0) is 22.5. The average molecular weight is 564 g/mol. The standard InChI is InChI=1S/C19H21N3O4S2.CH4N.In/c1-2-3-11-21-27(23,24)19-13-16-10-9-15(14-20)12-18(16)22(19)28(25,26)17-7-5-4-6-8-17;1-2;/h4-10,12-13,21H,2-3,11,14H2,1H3;2H,1H3;/q;-1;+1. The van der Waals surface area contributed by atoms with Crippen molar-refractivity contribution in [3.05, 3.63) is 60.2 Å². The number of hydrogen-bond donors (Lipinski definition) is 2. The third kappa shape index (κ3) is 5.39. The SMILES string of the molecule is CCCCNS(=O)(=O)c1cc2ccc(C[N]=[In][NH]C)cc2n1S(=O)(=O)c1ccccc1. The quantitative estimate of drug-likeness (QED) is 0.368. The van der Waals surface area contributed by atoms with Crippen LogP contribution in [-0.4, -0.2) is 57.4 Å². The van der Waals surface area contributed by atoms with Crippen LogP contribution in [0, 0.1) is 0 Å². The van der Waals surface area contributed by atoms with Crippen molar-refractivity contribution in [1.82, 2.24) is 12.0 Å². The van der Waals surface area contributed by atoms with Gasteiger partial charge in [-0.3, -0.25) is 0 Å². The molecule has 11 heteroatoms. The third-order valence-electron chi connectivity index (χ3n) is 4.67. The maximum absolute atomic E-state index is 13.5. The van der Waals surface area contributed by atoms with Crippen LogP contribution in [0.4, 0.5) is 0 Å². The first-order valence-corrected chi connectivity index (χ1v) is 16.0. The minimum absolute atomic E-state index is 0.0258. The van der Waals surface area contributed by atoms with Gasteiger partial charge in [0.1, 0.15) is 0 Å². The van der Waals surface area contributed by atoms with Crippen molar-refractivity contribution in [1.29, 1.82) is 0 Å². The van der Waals surface area contributed by atoms with Crippen LogP contribution in [-0.2, 0) is 26.6 Å². The number of unbranched alkanes of at least 4 members (excludes halogenated alkanes) is 1. The fourth-order valence-electron chi connectivity index (χ4n) is 3.13. The molecule has 164 valence electrons. The monoisotopic (exact) mass is 564 g/mol. The van der Waals surface area contributed by atoms with Crippen molar-refractivity contribution >= 4 is 54.0 Å². The molecule has 0 saturated carbocycles. The van der Waals surface area contributed by atoms with E-state index in [1.54, 1.807) is 30.3 Å². The Balaban J connectivity index is 2.23. The van der Waals surface area contributed by atoms with E-state index in [9.17, 15) is 16.8 Å². The third-order valence-corrected chi connectivity index (χ3v) is 9.74. The first-order chi connectivity index (χ1) is 14.8. The summed E-state index contributed by atoms with van der Waals surface area (Å²) in [5.74, 6) is 0. The molecule has 0 aliphatic carbocycles. The maximum atomic E-state index is 13.5. The van der Waals surface area contributed by atoms with Crippen LogP contribution >= 0.6 is 0 Å². The number of nitrogens with one attached hydrogen (secondary N) is 2.